The van der Waals surface area contributed by atoms with Crippen molar-refractivity contribution in [2.24, 2.45) is 0 Å². The van der Waals surface area contributed by atoms with Gasteiger partial charge in [-0.2, -0.15) is 0 Å². The molecule has 3 rings (SSSR count). The Hall–Kier alpha value is -2.69. The summed E-state index contributed by atoms with van der Waals surface area (Å²) in [5, 5.41) is 24.2. The van der Waals surface area contributed by atoms with Crippen molar-refractivity contribution in [3.8, 4) is 22.8 Å². The quantitative estimate of drug-likeness (QED) is 0.567. The molecule has 0 unspecified atom stereocenters. The summed E-state index contributed by atoms with van der Waals surface area (Å²) in [4.78, 5) is 1.57. The van der Waals surface area contributed by atoms with Crippen LogP contribution in [0.3, 0.4) is 0 Å². The van der Waals surface area contributed by atoms with Gasteiger partial charge in [0.15, 0.2) is 0 Å². The van der Waals surface area contributed by atoms with E-state index >= 15 is 0 Å². The number of phenolic OH excluding ortho intramolecular Hbond substituents is 1. The standard InChI is InChI=1S/C25H34N4O/c1-8-9-10-17-11-13-19(14-12-17)29-27-23(26-28-29)18-15-20(24(2,3)4)22(30)21(16-18)25(5,6)7/h11-16,30H,8-10H2,1-7H3. The Balaban J connectivity index is 2.00. The molecular weight excluding hydrogens is 372 g/mol. The van der Waals surface area contributed by atoms with Gasteiger partial charge in [0.25, 0.3) is 0 Å². The Morgan fingerprint density at radius 1 is 0.900 bits per heavy atom. The molecule has 0 spiro atoms. The predicted molar refractivity (Wildman–Crippen MR) is 122 cm³/mol. The maximum Gasteiger partial charge on any atom is 0.205 e. The van der Waals surface area contributed by atoms with Crippen molar-refractivity contribution >= 4 is 0 Å². The molecule has 0 atom stereocenters. The highest BCUT2D eigenvalue weighted by molar-refractivity contribution is 5.63. The van der Waals surface area contributed by atoms with Crippen molar-refractivity contribution in [3.63, 3.8) is 0 Å². The molecule has 0 bridgehead atoms. The first kappa shape index (κ1) is 22.0. The van der Waals surface area contributed by atoms with E-state index in [2.05, 4.69) is 76.0 Å². The van der Waals surface area contributed by atoms with Crippen LogP contribution in [0.4, 0.5) is 0 Å². The zero-order valence-corrected chi connectivity index (χ0v) is 19.3. The fraction of sp³-hybridized carbons (Fsp3) is 0.480. The molecular formula is C25H34N4O. The number of aromatic hydroxyl groups is 1. The van der Waals surface area contributed by atoms with E-state index in [1.54, 1.807) is 4.80 Å². The summed E-state index contributed by atoms with van der Waals surface area (Å²) in [7, 11) is 0. The second-order valence-electron chi connectivity index (χ2n) is 10.1. The van der Waals surface area contributed by atoms with E-state index in [1.165, 1.54) is 18.4 Å². The molecule has 0 saturated heterocycles. The molecule has 0 amide bonds. The Labute approximate surface area is 180 Å². The average Bonchev–Trinajstić information content (AvgIpc) is 3.15. The monoisotopic (exact) mass is 406 g/mol. The lowest BCUT2D eigenvalue weighted by molar-refractivity contribution is 0.423. The number of benzene rings is 2. The van der Waals surface area contributed by atoms with Gasteiger partial charge in [-0.3, -0.25) is 0 Å². The Kier molecular flexibility index (Phi) is 6.02. The normalized spacial score (nSPS) is 12.4. The zero-order valence-electron chi connectivity index (χ0n) is 19.3. The van der Waals surface area contributed by atoms with Crippen molar-refractivity contribution < 1.29 is 5.11 Å². The van der Waals surface area contributed by atoms with Gasteiger partial charge >= 0.3 is 0 Å². The van der Waals surface area contributed by atoms with E-state index in [9.17, 15) is 5.11 Å². The summed E-state index contributed by atoms with van der Waals surface area (Å²) in [6.07, 6.45) is 3.47. The number of nitrogens with zero attached hydrogens (tertiary/aromatic N) is 4. The van der Waals surface area contributed by atoms with E-state index in [-0.39, 0.29) is 10.8 Å². The lowest BCUT2D eigenvalue weighted by atomic mass is 9.78. The van der Waals surface area contributed by atoms with Crippen LogP contribution in [0.5, 0.6) is 5.75 Å². The predicted octanol–water partition coefficient (Wildman–Crippen LogP) is 5.97. The summed E-state index contributed by atoms with van der Waals surface area (Å²) in [6, 6.07) is 12.3. The van der Waals surface area contributed by atoms with Gasteiger partial charge in [0.2, 0.25) is 5.82 Å². The SMILES string of the molecule is CCCCc1ccc(-n2nnc(-c3cc(C(C)(C)C)c(O)c(C(C)(C)C)c3)n2)cc1. The molecule has 0 saturated carbocycles. The highest BCUT2D eigenvalue weighted by Crippen LogP contribution is 2.41. The summed E-state index contributed by atoms with van der Waals surface area (Å²) in [5.74, 6) is 0.912. The van der Waals surface area contributed by atoms with Crippen LogP contribution in [-0.2, 0) is 17.3 Å². The minimum absolute atomic E-state index is 0.204. The largest absolute Gasteiger partial charge is 0.507 e. The van der Waals surface area contributed by atoms with Crippen molar-refractivity contribution in [1.82, 2.24) is 20.2 Å². The molecule has 2 aromatic carbocycles. The highest BCUT2D eigenvalue weighted by Gasteiger charge is 2.27. The minimum atomic E-state index is -0.204. The van der Waals surface area contributed by atoms with Crippen molar-refractivity contribution in [3.05, 3.63) is 53.1 Å². The molecule has 30 heavy (non-hydrogen) atoms. The second-order valence-corrected chi connectivity index (χ2v) is 10.1. The summed E-state index contributed by atoms with van der Waals surface area (Å²) >= 11 is 0. The number of tetrazole rings is 1. The van der Waals surface area contributed by atoms with Crippen LogP contribution >= 0.6 is 0 Å². The van der Waals surface area contributed by atoms with Crippen LogP contribution in [0.2, 0.25) is 0 Å². The van der Waals surface area contributed by atoms with Crippen LogP contribution < -0.4 is 0 Å². The molecule has 0 fully saturated rings. The first-order valence-electron chi connectivity index (χ1n) is 10.8. The van der Waals surface area contributed by atoms with Crippen LogP contribution in [-0.4, -0.2) is 25.3 Å². The van der Waals surface area contributed by atoms with E-state index < -0.39 is 0 Å². The molecule has 1 N–H and O–H groups in total. The van der Waals surface area contributed by atoms with Crippen LogP contribution in [0.15, 0.2) is 36.4 Å². The Morgan fingerprint density at radius 2 is 1.47 bits per heavy atom. The molecule has 3 aromatic rings. The summed E-state index contributed by atoms with van der Waals surface area (Å²) < 4.78 is 0. The fourth-order valence-electron chi connectivity index (χ4n) is 3.52. The van der Waals surface area contributed by atoms with E-state index in [0.29, 0.717) is 11.6 Å². The third-order valence-electron chi connectivity index (χ3n) is 5.38. The van der Waals surface area contributed by atoms with Crippen LogP contribution in [0.25, 0.3) is 17.1 Å². The molecule has 0 radical (unpaired) electrons. The van der Waals surface area contributed by atoms with Gasteiger partial charge in [-0.05, 0) is 58.7 Å². The number of phenols is 1. The first-order valence-corrected chi connectivity index (χ1v) is 10.8. The van der Waals surface area contributed by atoms with Crippen molar-refractivity contribution in [2.45, 2.75) is 78.6 Å². The number of aryl methyl sites for hydroxylation is 1. The number of unbranched alkanes of at least 4 members (excludes halogenated alkanes) is 1. The third kappa shape index (κ3) is 4.72. The number of aromatic nitrogens is 4. The van der Waals surface area contributed by atoms with Gasteiger partial charge in [0, 0.05) is 16.7 Å². The molecule has 0 aliphatic rings. The van der Waals surface area contributed by atoms with Gasteiger partial charge in [-0.25, -0.2) is 0 Å². The maximum atomic E-state index is 10.9. The second kappa shape index (κ2) is 8.21. The Morgan fingerprint density at radius 3 is 1.97 bits per heavy atom. The smallest absolute Gasteiger partial charge is 0.205 e. The van der Waals surface area contributed by atoms with E-state index in [4.69, 9.17) is 0 Å². The minimum Gasteiger partial charge on any atom is -0.507 e. The topological polar surface area (TPSA) is 63.8 Å². The van der Waals surface area contributed by atoms with Gasteiger partial charge in [0.1, 0.15) is 5.75 Å². The van der Waals surface area contributed by atoms with Gasteiger partial charge < -0.3 is 5.11 Å². The first-order chi connectivity index (χ1) is 14.0. The Bertz CT molecular complexity index is 970. The van der Waals surface area contributed by atoms with Gasteiger partial charge in [-0.15, -0.1) is 15.0 Å². The molecule has 1 heterocycles. The zero-order chi connectivity index (χ0) is 22.1. The van der Waals surface area contributed by atoms with Gasteiger partial charge in [-0.1, -0.05) is 67.0 Å². The molecule has 1 aromatic heterocycles. The van der Waals surface area contributed by atoms with Crippen molar-refractivity contribution in [1.29, 1.82) is 0 Å². The lowest BCUT2D eigenvalue weighted by Gasteiger charge is -2.27. The highest BCUT2D eigenvalue weighted by atomic mass is 16.3. The third-order valence-corrected chi connectivity index (χ3v) is 5.38. The molecule has 0 aliphatic carbocycles. The fourth-order valence-corrected chi connectivity index (χ4v) is 3.52. The van der Waals surface area contributed by atoms with Crippen LogP contribution in [0, 0.1) is 0 Å². The number of rotatable bonds is 5. The average molecular weight is 407 g/mol. The van der Waals surface area contributed by atoms with Crippen molar-refractivity contribution in [2.75, 3.05) is 0 Å². The van der Waals surface area contributed by atoms with E-state index in [0.717, 1.165) is 28.8 Å². The van der Waals surface area contributed by atoms with E-state index in [1.807, 2.05) is 24.3 Å². The van der Waals surface area contributed by atoms with Crippen LogP contribution in [0.1, 0.15) is 78.0 Å². The maximum absolute atomic E-state index is 10.9. The lowest BCUT2D eigenvalue weighted by Crippen LogP contribution is -2.17. The summed E-state index contributed by atoms with van der Waals surface area (Å²) in [6.45, 7) is 14.8. The number of hydrogen-bond acceptors (Lipinski definition) is 4. The summed E-state index contributed by atoms with van der Waals surface area (Å²) in [5.41, 5.74) is 4.45. The molecule has 5 heteroatoms. The molecule has 160 valence electrons. The number of hydrogen-bond donors (Lipinski definition) is 1. The van der Waals surface area contributed by atoms with Gasteiger partial charge in [0.05, 0.1) is 5.69 Å². The molecule has 5 nitrogen and oxygen atoms in total. The molecule has 0 aliphatic heterocycles.